The van der Waals surface area contributed by atoms with Gasteiger partial charge in [0.15, 0.2) is 17.7 Å². The van der Waals surface area contributed by atoms with Crippen molar-refractivity contribution in [2.45, 2.75) is 37.9 Å². The highest BCUT2D eigenvalue weighted by atomic mass is 16.8. The minimum atomic E-state index is -0.826. The first-order valence-corrected chi connectivity index (χ1v) is 5.35. The number of ketones is 1. The SMILES string of the molecule is COC(=O)N[C@@H]1C=CC(=O)[C@H]2OC(C)(C)O[C@H]21. The number of alkyl carbamates (subject to hydrolysis) is 1. The first-order valence-electron chi connectivity index (χ1n) is 5.35. The molecule has 1 heterocycles. The maximum Gasteiger partial charge on any atom is 0.407 e. The van der Waals surface area contributed by atoms with Crippen LogP contribution in [0.5, 0.6) is 0 Å². The van der Waals surface area contributed by atoms with Crippen molar-refractivity contribution >= 4 is 11.9 Å². The molecule has 1 aliphatic carbocycles. The highest BCUT2D eigenvalue weighted by Crippen LogP contribution is 2.33. The Labute approximate surface area is 98.9 Å². The van der Waals surface area contributed by atoms with Crippen LogP contribution in [0.3, 0.4) is 0 Å². The van der Waals surface area contributed by atoms with E-state index >= 15 is 0 Å². The Kier molecular flexibility index (Phi) is 2.92. The molecule has 0 spiro atoms. The zero-order valence-electron chi connectivity index (χ0n) is 9.93. The summed E-state index contributed by atoms with van der Waals surface area (Å²) in [6.07, 6.45) is 1.23. The van der Waals surface area contributed by atoms with Gasteiger partial charge in [-0.1, -0.05) is 6.08 Å². The first kappa shape index (κ1) is 12.1. The largest absolute Gasteiger partial charge is 0.453 e. The molecule has 0 saturated carbocycles. The van der Waals surface area contributed by atoms with E-state index in [0.29, 0.717) is 0 Å². The summed E-state index contributed by atoms with van der Waals surface area (Å²) >= 11 is 0. The number of carbonyl (C=O) groups is 2. The smallest absolute Gasteiger partial charge is 0.407 e. The van der Waals surface area contributed by atoms with Crippen LogP contribution in [0.15, 0.2) is 12.2 Å². The van der Waals surface area contributed by atoms with E-state index in [1.54, 1.807) is 19.9 Å². The predicted molar refractivity (Wildman–Crippen MR) is 57.3 cm³/mol. The lowest BCUT2D eigenvalue weighted by molar-refractivity contribution is -0.152. The molecule has 2 rings (SSSR count). The van der Waals surface area contributed by atoms with Crippen molar-refractivity contribution in [3.05, 3.63) is 12.2 Å². The molecule has 94 valence electrons. The molecule has 1 fully saturated rings. The minimum absolute atomic E-state index is 0.150. The second-order valence-electron chi connectivity index (χ2n) is 4.44. The average molecular weight is 241 g/mol. The number of amides is 1. The number of methoxy groups -OCH3 is 1. The normalized spacial score (nSPS) is 34.3. The zero-order chi connectivity index (χ0) is 12.6. The fourth-order valence-corrected chi connectivity index (χ4v) is 2.00. The van der Waals surface area contributed by atoms with Gasteiger partial charge in [0.25, 0.3) is 0 Å². The van der Waals surface area contributed by atoms with Gasteiger partial charge in [0.05, 0.1) is 13.2 Å². The average Bonchev–Trinajstić information content (AvgIpc) is 2.59. The molecule has 0 aromatic heterocycles. The van der Waals surface area contributed by atoms with Gasteiger partial charge >= 0.3 is 6.09 Å². The van der Waals surface area contributed by atoms with E-state index in [9.17, 15) is 9.59 Å². The highest BCUT2D eigenvalue weighted by molar-refractivity contribution is 5.95. The Morgan fingerprint density at radius 3 is 2.82 bits per heavy atom. The van der Waals surface area contributed by atoms with Crippen molar-refractivity contribution in [1.29, 1.82) is 0 Å². The lowest BCUT2D eigenvalue weighted by atomic mass is 9.96. The lowest BCUT2D eigenvalue weighted by Crippen LogP contribution is -2.50. The number of fused-ring (bicyclic) bond motifs is 1. The van der Waals surface area contributed by atoms with Gasteiger partial charge in [0.2, 0.25) is 0 Å². The molecule has 0 aromatic carbocycles. The van der Waals surface area contributed by atoms with E-state index in [1.807, 2.05) is 0 Å². The fraction of sp³-hybridized carbons (Fsp3) is 0.636. The van der Waals surface area contributed by atoms with E-state index in [2.05, 4.69) is 10.1 Å². The third-order valence-electron chi connectivity index (χ3n) is 2.70. The molecule has 1 N–H and O–H groups in total. The molecule has 3 atom stereocenters. The number of carbonyl (C=O) groups excluding carboxylic acids is 2. The van der Waals surface area contributed by atoms with Crippen LogP contribution >= 0.6 is 0 Å². The zero-order valence-corrected chi connectivity index (χ0v) is 9.93. The summed E-state index contributed by atoms with van der Waals surface area (Å²) in [6.45, 7) is 3.46. The molecule has 0 aromatic rings. The number of nitrogens with one attached hydrogen (secondary N) is 1. The maximum absolute atomic E-state index is 11.6. The Balaban J connectivity index is 2.16. The molecule has 0 radical (unpaired) electrons. The number of hydrogen-bond donors (Lipinski definition) is 1. The molecule has 6 nitrogen and oxygen atoms in total. The molecule has 17 heavy (non-hydrogen) atoms. The number of ether oxygens (including phenoxy) is 3. The summed E-state index contributed by atoms with van der Waals surface area (Å²) in [5.74, 6) is -0.976. The summed E-state index contributed by atoms with van der Waals surface area (Å²) in [6, 6.07) is -0.424. The summed E-state index contributed by atoms with van der Waals surface area (Å²) in [5, 5.41) is 2.59. The Hall–Kier alpha value is -1.40. The van der Waals surface area contributed by atoms with Gasteiger partial charge in [-0.3, -0.25) is 4.79 Å². The van der Waals surface area contributed by atoms with Crippen LogP contribution in [0.25, 0.3) is 0 Å². The van der Waals surface area contributed by atoms with E-state index in [-0.39, 0.29) is 5.78 Å². The van der Waals surface area contributed by atoms with Crippen LogP contribution < -0.4 is 5.32 Å². The lowest BCUT2D eigenvalue weighted by Gasteiger charge is -2.26. The van der Waals surface area contributed by atoms with Crippen LogP contribution in [0, 0.1) is 0 Å². The topological polar surface area (TPSA) is 73.9 Å². The number of hydrogen-bond acceptors (Lipinski definition) is 5. The second kappa shape index (κ2) is 4.12. The van der Waals surface area contributed by atoms with E-state index in [4.69, 9.17) is 9.47 Å². The van der Waals surface area contributed by atoms with E-state index in [0.717, 1.165) is 0 Å². The molecular weight excluding hydrogens is 226 g/mol. The third-order valence-corrected chi connectivity index (χ3v) is 2.70. The quantitative estimate of drug-likeness (QED) is 0.718. The van der Waals surface area contributed by atoms with Crippen molar-refractivity contribution in [3.8, 4) is 0 Å². The van der Waals surface area contributed by atoms with Crippen LogP contribution in [-0.4, -0.2) is 43.0 Å². The molecule has 1 amide bonds. The standard InChI is InChI=1S/C11H15NO5/c1-11(2)16-8-6(12-10(14)15-3)4-5-7(13)9(8)17-11/h4-6,8-9H,1-3H3,(H,12,14)/t6-,8+,9-/m1/s1. The van der Waals surface area contributed by atoms with Crippen molar-refractivity contribution in [2.75, 3.05) is 7.11 Å². The Morgan fingerprint density at radius 1 is 1.47 bits per heavy atom. The van der Waals surface area contributed by atoms with E-state index < -0.39 is 30.1 Å². The summed E-state index contributed by atoms with van der Waals surface area (Å²) in [4.78, 5) is 22.8. The third kappa shape index (κ3) is 2.32. The Morgan fingerprint density at radius 2 is 2.18 bits per heavy atom. The van der Waals surface area contributed by atoms with Gasteiger partial charge < -0.3 is 19.5 Å². The molecule has 2 aliphatic rings. The van der Waals surface area contributed by atoms with Crippen molar-refractivity contribution in [1.82, 2.24) is 5.32 Å². The van der Waals surface area contributed by atoms with Crippen molar-refractivity contribution in [2.24, 2.45) is 0 Å². The van der Waals surface area contributed by atoms with Gasteiger partial charge in [0, 0.05) is 0 Å². The van der Waals surface area contributed by atoms with E-state index in [1.165, 1.54) is 13.2 Å². The second-order valence-corrected chi connectivity index (χ2v) is 4.44. The molecule has 0 bridgehead atoms. The molecule has 6 heteroatoms. The maximum atomic E-state index is 11.6. The van der Waals surface area contributed by atoms with Gasteiger partial charge in [-0.25, -0.2) is 4.79 Å². The summed E-state index contributed by atoms with van der Waals surface area (Å²) in [5.41, 5.74) is 0. The molecule has 1 aliphatic heterocycles. The van der Waals surface area contributed by atoms with Crippen LogP contribution in [0.1, 0.15) is 13.8 Å². The molecular formula is C11H15NO5. The van der Waals surface area contributed by atoms with Gasteiger partial charge in [0.1, 0.15) is 6.10 Å². The van der Waals surface area contributed by atoms with Crippen LogP contribution in [0.2, 0.25) is 0 Å². The first-order chi connectivity index (χ1) is 7.93. The Bertz CT molecular complexity index is 376. The molecule has 0 unspecified atom stereocenters. The fourth-order valence-electron chi connectivity index (χ4n) is 2.00. The predicted octanol–water partition coefficient (Wildman–Crippen LogP) is 0.370. The number of rotatable bonds is 1. The summed E-state index contributed by atoms with van der Waals surface area (Å²) < 4.78 is 15.6. The molecule has 1 saturated heterocycles. The minimum Gasteiger partial charge on any atom is -0.453 e. The van der Waals surface area contributed by atoms with Crippen molar-refractivity contribution in [3.63, 3.8) is 0 Å². The van der Waals surface area contributed by atoms with Crippen molar-refractivity contribution < 1.29 is 23.8 Å². The van der Waals surface area contributed by atoms with Gasteiger partial charge in [-0.2, -0.15) is 0 Å². The van der Waals surface area contributed by atoms with Crippen LogP contribution in [0.4, 0.5) is 4.79 Å². The van der Waals surface area contributed by atoms with Crippen LogP contribution in [-0.2, 0) is 19.0 Å². The van der Waals surface area contributed by atoms with Gasteiger partial charge in [-0.05, 0) is 19.9 Å². The van der Waals surface area contributed by atoms with Gasteiger partial charge in [-0.15, -0.1) is 0 Å². The monoisotopic (exact) mass is 241 g/mol. The summed E-state index contributed by atoms with van der Waals surface area (Å²) in [7, 11) is 1.28. The highest BCUT2D eigenvalue weighted by Gasteiger charge is 2.49.